The van der Waals surface area contributed by atoms with Crippen molar-refractivity contribution in [1.29, 1.82) is 0 Å². The van der Waals surface area contributed by atoms with Crippen LogP contribution < -0.4 is 0 Å². The zero-order valence-electron chi connectivity index (χ0n) is 11.9. The topological polar surface area (TPSA) is 54.0 Å². The molecule has 0 aliphatic rings. The van der Waals surface area contributed by atoms with E-state index in [9.17, 15) is 4.79 Å². The fraction of sp³-hybridized carbons (Fsp3) is 0.923. The van der Waals surface area contributed by atoms with Crippen LogP contribution in [0.3, 0.4) is 0 Å². The summed E-state index contributed by atoms with van der Waals surface area (Å²) in [7, 11) is 0. The van der Waals surface area contributed by atoms with Crippen molar-refractivity contribution in [2.24, 2.45) is 5.92 Å². The molecular formula is C13H26O5. The summed E-state index contributed by atoms with van der Waals surface area (Å²) in [4.78, 5) is 11.1. The molecule has 18 heavy (non-hydrogen) atoms. The Balaban J connectivity index is 3.10. The van der Waals surface area contributed by atoms with E-state index in [0.717, 1.165) is 0 Å². The minimum absolute atomic E-state index is 0.0886. The van der Waals surface area contributed by atoms with E-state index >= 15 is 0 Å². The summed E-state index contributed by atoms with van der Waals surface area (Å²) >= 11 is 0. The lowest BCUT2D eigenvalue weighted by Crippen LogP contribution is -2.17. The summed E-state index contributed by atoms with van der Waals surface area (Å²) in [5, 5.41) is 0. The van der Waals surface area contributed by atoms with Gasteiger partial charge in [-0.15, -0.1) is 0 Å². The van der Waals surface area contributed by atoms with Gasteiger partial charge >= 0.3 is 5.97 Å². The molecule has 0 unspecified atom stereocenters. The summed E-state index contributed by atoms with van der Waals surface area (Å²) in [6.45, 7) is 10.5. The Morgan fingerprint density at radius 1 is 0.833 bits per heavy atom. The largest absolute Gasteiger partial charge is 0.463 e. The van der Waals surface area contributed by atoms with Crippen LogP contribution in [0.1, 0.15) is 27.7 Å². The molecule has 0 spiro atoms. The molecule has 0 aliphatic heterocycles. The zero-order valence-corrected chi connectivity index (χ0v) is 11.9. The van der Waals surface area contributed by atoms with Crippen LogP contribution >= 0.6 is 0 Å². The molecule has 0 bridgehead atoms. The van der Waals surface area contributed by atoms with Crippen LogP contribution in [-0.2, 0) is 23.7 Å². The predicted octanol–water partition coefficient (Wildman–Crippen LogP) is 1.64. The summed E-state index contributed by atoms with van der Waals surface area (Å²) in [5.74, 6) is -0.282. The first-order chi connectivity index (χ1) is 8.54. The smallest absolute Gasteiger partial charge is 0.308 e. The Morgan fingerprint density at radius 3 is 1.83 bits per heavy atom. The van der Waals surface area contributed by atoms with Gasteiger partial charge in [-0.3, -0.25) is 4.79 Å². The highest BCUT2D eigenvalue weighted by atomic mass is 16.6. The fourth-order valence-electron chi connectivity index (χ4n) is 1.03. The van der Waals surface area contributed by atoms with Gasteiger partial charge in [0.15, 0.2) is 0 Å². The first-order valence-electron chi connectivity index (χ1n) is 6.47. The van der Waals surface area contributed by atoms with E-state index in [1.54, 1.807) is 13.8 Å². The first-order valence-corrected chi connectivity index (χ1v) is 6.47. The van der Waals surface area contributed by atoms with Crippen LogP contribution in [0.4, 0.5) is 0 Å². The molecular weight excluding hydrogens is 236 g/mol. The molecule has 0 aromatic rings. The number of carbonyl (C=O) groups is 1. The van der Waals surface area contributed by atoms with Gasteiger partial charge in [0.25, 0.3) is 0 Å². The SMILES string of the molecule is CC(C)OCCOCCOCCOC(=O)C(C)C. The molecule has 0 N–H and O–H groups in total. The van der Waals surface area contributed by atoms with Crippen LogP contribution in [0, 0.1) is 5.92 Å². The summed E-state index contributed by atoms with van der Waals surface area (Å²) in [6, 6.07) is 0. The number of ether oxygens (including phenoxy) is 4. The van der Waals surface area contributed by atoms with Crippen LogP contribution in [-0.4, -0.2) is 51.7 Å². The van der Waals surface area contributed by atoms with Gasteiger partial charge < -0.3 is 18.9 Å². The van der Waals surface area contributed by atoms with Crippen molar-refractivity contribution < 1.29 is 23.7 Å². The normalized spacial score (nSPS) is 11.2. The van der Waals surface area contributed by atoms with Crippen molar-refractivity contribution in [2.45, 2.75) is 33.8 Å². The second kappa shape index (κ2) is 11.4. The average Bonchev–Trinajstić information content (AvgIpc) is 2.30. The maximum absolute atomic E-state index is 11.1. The third-order valence-electron chi connectivity index (χ3n) is 1.99. The van der Waals surface area contributed by atoms with Crippen molar-refractivity contribution in [3.63, 3.8) is 0 Å². The predicted molar refractivity (Wildman–Crippen MR) is 68.5 cm³/mol. The number of esters is 1. The lowest BCUT2D eigenvalue weighted by Gasteiger charge is -2.09. The minimum atomic E-state index is -0.194. The molecule has 0 aliphatic carbocycles. The van der Waals surface area contributed by atoms with E-state index in [4.69, 9.17) is 18.9 Å². The summed E-state index contributed by atoms with van der Waals surface area (Å²) in [6.07, 6.45) is 0.237. The molecule has 0 saturated carbocycles. The van der Waals surface area contributed by atoms with Crippen LogP contribution in [0.5, 0.6) is 0 Å². The van der Waals surface area contributed by atoms with Gasteiger partial charge in [-0.25, -0.2) is 0 Å². The third-order valence-corrected chi connectivity index (χ3v) is 1.99. The molecule has 0 rings (SSSR count). The highest BCUT2D eigenvalue weighted by molar-refractivity contribution is 5.71. The average molecular weight is 262 g/mol. The molecule has 0 radical (unpaired) electrons. The lowest BCUT2D eigenvalue weighted by molar-refractivity contribution is -0.149. The fourth-order valence-corrected chi connectivity index (χ4v) is 1.03. The van der Waals surface area contributed by atoms with Crippen molar-refractivity contribution in [3.8, 4) is 0 Å². The maximum Gasteiger partial charge on any atom is 0.308 e. The lowest BCUT2D eigenvalue weighted by atomic mass is 10.2. The highest BCUT2D eigenvalue weighted by Crippen LogP contribution is 1.95. The van der Waals surface area contributed by atoms with E-state index in [-0.39, 0.29) is 18.0 Å². The van der Waals surface area contributed by atoms with Gasteiger partial charge in [0.1, 0.15) is 6.61 Å². The van der Waals surface area contributed by atoms with Gasteiger partial charge in [0.2, 0.25) is 0 Å². The number of carbonyl (C=O) groups excluding carboxylic acids is 1. The molecule has 0 aromatic heterocycles. The molecule has 5 nitrogen and oxygen atoms in total. The standard InChI is InChI=1S/C13H26O5/c1-11(2)13(14)18-10-8-16-6-5-15-7-9-17-12(3)4/h11-12H,5-10H2,1-4H3. The highest BCUT2D eigenvalue weighted by Gasteiger charge is 2.06. The van der Waals surface area contributed by atoms with Gasteiger partial charge in [-0.1, -0.05) is 13.8 Å². The first kappa shape index (κ1) is 17.4. The second-order valence-electron chi connectivity index (χ2n) is 4.47. The van der Waals surface area contributed by atoms with Crippen LogP contribution in [0.2, 0.25) is 0 Å². The monoisotopic (exact) mass is 262 g/mol. The second-order valence-corrected chi connectivity index (χ2v) is 4.47. The Labute approximate surface area is 110 Å². The van der Waals surface area contributed by atoms with Gasteiger partial charge in [-0.2, -0.15) is 0 Å². The van der Waals surface area contributed by atoms with E-state index in [0.29, 0.717) is 39.6 Å². The molecule has 0 atom stereocenters. The van der Waals surface area contributed by atoms with Crippen molar-refractivity contribution in [2.75, 3.05) is 39.6 Å². The van der Waals surface area contributed by atoms with E-state index in [2.05, 4.69) is 0 Å². The van der Waals surface area contributed by atoms with E-state index in [1.165, 1.54) is 0 Å². The minimum Gasteiger partial charge on any atom is -0.463 e. The molecule has 0 heterocycles. The summed E-state index contributed by atoms with van der Waals surface area (Å²) < 4.78 is 20.8. The van der Waals surface area contributed by atoms with Crippen molar-refractivity contribution in [1.82, 2.24) is 0 Å². The molecule has 0 amide bonds. The number of hydrogen-bond donors (Lipinski definition) is 0. The molecule has 0 fully saturated rings. The van der Waals surface area contributed by atoms with Crippen LogP contribution in [0.25, 0.3) is 0 Å². The molecule has 0 aromatic carbocycles. The quantitative estimate of drug-likeness (QED) is 0.418. The van der Waals surface area contributed by atoms with Gasteiger partial charge in [0.05, 0.1) is 45.1 Å². The maximum atomic E-state index is 11.1. The van der Waals surface area contributed by atoms with Gasteiger partial charge in [-0.05, 0) is 13.8 Å². The van der Waals surface area contributed by atoms with Gasteiger partial charge in [0, 0.05) is 0 Å². The molecule has 0 saturated heterocycles. The third kappa shape index (κ3) is 11.8. The zero-order chi connectivity index (χ0) is 13.8. The van der Waals surface area contributed by atoms with Crippen LogP contribution in [0.15, 0.2) is 0 Å². The molecule has 108 valence electrons. The van der Waals surface area contributed by atoms with Crippen molar-refractivity contribution in [3.05, 3.63) is 0 Å². The number of rotatable bonds is 11. The Kier molecular flexibility index (Phi) is 11.0. The van der Waals surface area contributed by atoms with E-state index in [1.807, 2.05) is 13.8 Å². The Morgan fingerprint density at radius 2 is 1.33 bits per heavy atom. The van der Waals surface area contributed by atoms with Crippen molar-refractivity contribution >= 4 is 5.97 Å². The molecule has 5 heteroatoms. The summed E-state index contributed by atoms with van der Waals surface area (Å²) in [5.41, 5.74) is 0. The Hall–Kier alpha value is -0.650. The van der Waals surface area contributed by atoms with E-state index < -0.39 is 0 Å². The number of hydrogen-bond acceptors (Lipinski definition) is 5. The Bertz CT molecular complexity index is 204.